The zero-order chi connectivity index (χ0) is 15.0. The van der Waals surface area contributed by atoms with Gasteiger partial charge in [0.25, 0.3) is 11.7 Å². The monoisotopic (exact) mass is 308 g/mol. The third-order valence-corrected chi connectivity index (χ3v) is 4.32. The zero-order valence-electron chi connectivity index (χ0n) is 11.9. The van der Waals surface area contributed by atoms with Crippen LogP contribution in [0.3, 0.4) is 0 Å². The number of Topliss-reactive ketones (excluding diaryl/α,β-unsaturated/α-hetero) is 1. The Kier molecular flexibility index (Phi) is 3.97. The molecule has 2 heterocycles. The molecular formula is C15H17ClN2O3. The van der Waals surface area contributed by atoms with Crippen molar-refractivity contribution < 1.29 is 14.3 Å². The van der Waals surface area contributed by atoms with Crippen LogP contribution in [0.15, 0.2) is 12.1 Å². The van der Waals surface area contributed by atoms with Crippen molar-refractivity contribution in [3.05, 3.63) is 28.3 Å². The summed E-state index contributed by atoms with van der Waals surface area (Å²) >= 11 is 6.09. The third-order valence-electron chi connectivity index (χ3n) is 4.01. The molecule has 1 aromatic rings. The number of rotatable bonds is 3. The molecule has 2 aliphatic heterocycles. The number of benzene rings is 1. The number of halogens is 1. The lowest BCUT2D eigenvalue weighted by Crippen LogP contribution is -2.42. The lowest BCUT2D eigenvalue weighted by molar-refractivity contribution is -0.114. The predicted octanol–water partition coefficient (Wildman–Crippen LogP) is 1.51. The number of carbonyl (C=O) groups excluding carboxylic acids is 2. The van der Waals surface area contributed by atoms with E-state index in [-0.39, 0.29) is 0 Å². The standard InChI is InChI=1S/C15H17ClN2O3/c1-10-2-3-11(16)12-13(10)18(15(20)14(12)19)5-4-17-6-8-21-9-7-17/h2-3H,4-9H2,1H3. The van der Waals surface area contributed by atoms with Gasteiger partial charge in [0.05, 0.1) is 29.5 Å². The number of hydrogen-bond acceptors (Lipinski definition) is 4. The molecule has 0 spiro atoms. The molecule has 3 rings (SSSR count). The van der Waals surface area contributed by atoms with Crippen LogP contribution in [0, 0.1) is 6.92 Å². The molecule has 0 saturated carbocycles. The molecule has 112 valence electrons. The van der Waals surface area contributed by atoms with Gasteiger partial charge < -0.3 is 9.64 Å². The van der Waals surface area contributed by atoms with Crippen LogP contribution in [0.4, 0.5) is 5.69 Å². The minimum absolute atomic E-state index is 0.350. The van der Waals surface area contributed by atoms with E-state index in [9.17, 15) is 9.59 Å². The summed E-state index contributed by atoms with van der Waals surface area (Å²) in [6.07, 6.45) is 0. The first-order chi connectivity index (χ1) is 10.1. The summed E-state index contributed by atoms with van der Waals surface area (Å²) in [4.78, 5) is 28.1. The summed E-state index contributed by atoms with van der Waals surface area (Å²) in [6.45, 7) is 6.27. The topological polar surface area (TPSA) is 49.9 Å². The summed E-state index contributed by atoms with van der Waals surface area (Å²) in [5.41, 5.74) is 1.92. The van der Waals surface area contributed by atoms with Crippen molar-refractivity contribution in [3.8, 4) is 0 Å². The Morgan fingerprint density at radius 3 is 2.62 bits per heavy atom. The number of ether oxygens (including phenoxy) is 1. The molecule has 5 nitrogen and oxygen atoms in total. The van der Waals surface area contributed by atoms with Gasteiger partial charge in [0.1, 0.15) is 0 Å². The van der Waals surface area contributed by atoms with Crippen LogP contribution in [-0.4, -0.2) is 56.0 Å². The van der Waals surface area contributed by atoms with Crippen molar-refractivity contribution in [1.82, 2.24) is 4.90 Å². The van der Waals surface area contributed by atoms with E-state index in [1.807, 2.05) is 13.0 Å². The molecule has 0 unspecified atom stereocenters. The fourth-order valence-electron chi connectivity index (χ4n) is 2.85. The lowest BCUT2D eigenvalue weighted by Gasteiger charge is -2.28. The van der Waals surface area contributed by atoms with Crippen LogP contribution in [-0.2, 0) is 9.53 Å². The molecule has 2 aliphatic rings. The highest BCUT2D eigenvalue weighted by molar-refractivity contribution is 6.55. The molecule has 0 radical (unpaired) electrons. The summed E-state index contributed by atoms with van der Waals surface area (Å²) in [5.74, 6) is -0.977. The molecule has 0 atom stereocenters. The van der Waals surface area contributed by atoms with Gasteiger partial charge in [-0.1, -0.05) is 17.7 Å². The van der Waals surface area contributed by atoms with Gasteiger partial charge in [-0.2, -0.15) is 0 Å². The molecule has 21 heavy (non-hydrogen) atoms. The molecule has 1 fully saturated rings. The average molecular weight is 309 g/mol. The van der Waals surface area contributed by atoms with E-state index >= 15 is 0 Å². The van der Waals surface area contributed by atoms with Gasteiger partial charge >= 0.3 is 0 Å². The van der Waals surface area contributed by atoms with E-state index in [0.29, 0.717) is 36.0 Å². The van der Waals surface area contributed by atoms with Gasteiger partial charge in [0, 0.05) is 26.2 Å². The molecule has 1 saturated heterocycles. The van der Waals surface area contributed by atoms with Crippen LogP contribution in [0.5, 0.6) is 0 Å². The Morgan fingerprint density at radius 2 is 1.90 bits per heavy atom. The third kappa shape index (κ3) is 2.57. The van der Waals surface area contributed by atoms with Crippen molar-refractivity contribution in [3.63, 3.8) is 0 Å². The van der Waals surface area contributed by atoms with E-state index in [2.05, 4.69) is 4.90 Å². The summed E-state index contributed by atoms with van der Waals surface area (Å²) in [5, 5.41) is 0.350. The van der Waals surface area contributed by atoms with Crippen molar-refractivity contribution >= 4 is 29.0 Å². The van der Waals surface area contributed by atoms with Gasteiger partial charge in [-0.3, -0.25) is 14.5 Å². The number of ketones is 1. The second kappa shape index (κ2) is 5.75. The number of amides is 1. The maximum absolute atomic E-state index is 12.2. The molecule has 0 aromatic heterocycles. The first-order valence-electron chi connectivity index (χ1n) is 7.05. The number of carbonyl (C=O) groups is 2. The Balaban J connectivity index is 1.82. The number of hydrogen-bond donors (Lipinski definition) is 0. The lowest BCUT2D eigenvalue weighted by atomic mass is 10.1. The highest BCUT2D eigenvalue weighted by Crippen LogP contribution is 2.36. The van der Waals surface area contributed by atoms with Crippen molar-refractivity contribution in [2.24, 2.45) is 0 Å². The fraction of sp³-hybridized carbons (Fsp3) is 0.467. The Morgan fingerprint density at radius 1 is 1.19 bits per heavy atom. The SMILES string of the molecule is Cc1ccc(Cl)c2c1N(CCN1CCOCC1)C(=O)C2=O. The average Bonchev–Trinajstić information content (AvgIpc) is 2.75. The summed E-state index contributed by atoms with van der Waals surface area (Å²) in [6, 6.07) is 3.52. The fourth-order valence-corrected chi connectivity index (χ4v) is 3.08. The summed E-state index contributed by atoms with van der Waals surface area (Å²) < 4.78 is 5.31. The second-order valence-corrected chi connectivity index (χ2v) is 5.74. The number of anilines is 1. The number of aryl methyl sites for hydroxylation is 1. The van der Waals surface area contributed by atoms with Crippen LogP contribution >= 0.6 is 11.6 Å². The molecule has 6 heteroatoms. The number of morpholine rings is 1. The minimum atomic E-state index is -0.499. The smallest absolute Gasteiger partial charge is 0.299 e. The second-order valence-electron chi connectivity index (χ2n) is 5.33. The van der Waals surface area contributed by atoms with Gasteiger partial charge in [0.2, 0.25) is 0 Å². The van der Waals surface area contributed by atoms with Crippen LogP contribution in [0.1, 0.15) is 15.9 Å². The number of nitrogens with zero attached hydrogens (tertiary/aromatic N) is 2. The Labute approximate surface area is 128 Å². The Bertz CT molecular complexity index is 597. The predicted molar refractivity (Wildman–Crippen MR) is 80.1 cm³/mol. The van der Waals surface area contributed by atoms with Crippen molar-refractivity contribution in [2.45, 2.75) is 6.92 Å². The highest BCUT2D eigenvalue weighted by atomic mass is 35.5. The van der Waals surface area contributed by atoms with E-state index in [1.165, 1.54) is 0 Å². The zero-order valence-corrected chi connectivity index (χ0v) is 12.7. The normalized spacial score (nSPS) is 19.2. The van der Waals surface area contributed by atoms with Crippen LogP contribution in [0.25, 0.3) is 0 Å². The van der Waals surface area contributed by atoms with Crippen LogP contribution < -0.4 is 4.90 Å². The first kappa shape index (κ1) is 14.5. The van der Waals surface area contributed by atoms with Crippen molar-refractivity contribution in [1.29, 1.82) is 0 Å². The molecule has 1 amide bonds. The maximum atomic E-state index is 12.2. The van der Waals surface area contributed by atoms with Gasteiger partial charge in [-0.05, 0) is 18.6 Å². The Hall–Kier alpha value is -1.43. The van der Waals surface area contributed by atoms with Gasteiger partial charge in [-0.25, -0.2) is 0 Å². The van der Waals surface area contributed by atoms with Gasteiger partial charge in [0.15, 0.2) is 0 Å². The largest absolute Gasteiger partial charge is 0.379 e. The van der Waals surface area contributed by atoms with E-state index in [4.69, 9.17) is 16.3 Å². The first-order valence-corrected chi connectivity index (χ1v) is 7.43. The van der Waals surface area contributed by atoms with Crippen LogP contribution in [0.2, 0.25) is 5.02 Å². The molecular weight excluding hydrogens is 292 g/mol. The molecule has 0 aliphatic carbocycles. The number of fused-ring (bicyclic) bond motifs is 1. The van der Waals surface area contributed by atoms with Crippen molar-refractivity contribution in [2.75, 3.05) is 44.3 Å². The molecule has 0 N–H and O–H groups in total. The molecule has 0 bridgehead atoms. The van der Waals surface area contributed by atoms with Gasteiger partial charge in [-0.15, -0.1) is 0 Å². The molecule has 1 aromatic carbocycles. The van der Waals surface area contributed by atoms with E-state index in [1.54, 1.807) is 11.0 Å². The highest BCUT2D eigenvalue weighted by Gasteiger charge is 2.38. The summed E-state index contributed by atoms with van der Waals surface area (Å²) in [7, 11) is 0. The minimum Gasteiger partial charge on any atom is -0.379 e. The van der Waals surface area contributed by atoms with E-state index in [0.717, 1.165) is 25.2 Å². The maximum Gasteiger partial charge on any atom is 0.299 e. The quantitative estimate of drug-likeness (QED) is 0.794. The van der Waals surface area contributed by atoms with E-state index < -0.39 is 11.7 Å².